The zero-order valence-corrected chi connectivity index (χ0v) is 15.0. The number of likely N-dealkylation sites (tertiary alicyclic amines) is 1. The highest BCUT2D eigenvalue weighted by atomic mass is 16.2. The summed E-state index contributed by atoms with van der Waals surface area (Å²) in [5, 5.41) is 0. The normalized spacial score (nSPS) is 23.6. The Bertz CT molecular complexity index is 576. The van der Waals surface area contributed by atoms with Gasteiger partial charge in [-0.25, -0.2) is 4.98 Å². The molecule has 0 spiro atoms. The van der Waals surface area contributed by atoms with Gasteiger partial charge in [0.25, 0.3) is 0 Å². The molecule has 3 fully saturated rings. The highest BCUT2D eigenvalue weighted by molar-refractivity contribution is 5.79. The number of hydrogen-bond donors (Lipinski definition) is 0. The van der Waals surface area contributed by atoms with Crippen molar-refractivity contribution in [2.24, 2.45) is 11.8 Å². The monoisotopic (exact) mass is 329 g/mol. The first-order chi connectivity index (χ1) is 11.7. The van der Waals surface area contributed by atoms with Gasteiger partial charge in [0.1, 0.15) is 5.82 Å². The molecule has 1 aliphatic heterocycles. The zero-order valence-electron chi connectivity index (χ0n) is 15.0. The van der Waals surface area contributed by atoms with Crippen LogP contribution in [0.25, 0.3) is 0 Å². The summed E-state index contributed by atoms with van der Waals surface area (Å²) in [7, 11) is 0. The molecule has 1 amide bonds. The second-order valence-corrected chi connectivity index (χ2v) is 8.25. The molecule has 3 aliphatic rings. The second-order valence-electron chi connectivity index (χ2n) is 8.25. The summed E-state index contributed by atoms with van der Waals surface area (Å²) in [6.45, 7) is 5.22. The van der Waals surface area contributed by atoms with Gasteiger partial charge in [-0.2, -0.15) is 0 Å². The lowest BCUT2D eigenvalue weighted by Gasteiger charge is -2.34. The van der Waals surface area contributed by atoms with E-state index in [2.05, 4.69) is 16.4 Å². The molecule has 2 aliphatic carbocycles. The fourth-order valence-corrected chi connectivity index (χ4v) is 4.73. The van der Waals surface area contributed by atoms with E-state index in [1.54, 1.807) is 0 Å². The van der Waals surface area contributed by atoms with Crippen molar-refractivity contribution < 1.29 is 4.79 Å². The Morgan fingerprint density at radius 1 is 1.08 bits per heavy atom. The van der Waals surface area contributed by atoms with Crippen molar-refractivity contribution in [3.05, 3.63) is 17.7 Å². The van der Waals surface area contributed by atoms with E-state index in [4.69, 9.17) is 4.98 Å². The molecule has 4 heteroatoms. The molecule has 4 rings (SSSR count). The number of aromatic nitrogens is 2. The Hall–Kier alpha value is -1.32. The molecule has 2 saturated carbocycles. The fraction of sp³-hybridized carbons (Fsp3) is 0.800. The lowest BCUT2D eigenvalue weighted by Crippen LogP contribution is -2.42. The molecule has 1 aromatic rings. The summed E-state index contributed by atoms with van der Waals surface area (Å²) in [4.78, 5) is 19.4. The Balaban J connectivity index is 1.33. The van der Waals surface area contributed by atoms with Gasteiger partial charge in [-0.15, -0.1) is 0 Å². The molecule has 2 heterocycles. The molecule has 24 heavy (non-hydrogen) atoms. The van der Waals surface area contributed by atoms with Crippen LogP contribution in [0.2, 0.25) is 0 Å². The third-order valence-electron chi connectivity index (χ3n) is 6.63. The molecule has 0 aromatic carbocycles. The Morgan fingerprint density at radius 2 is 1.79 bits per heavy atom. The van der Waals surface area contributed by atoms with Crippen molar-refractivity contribution in [2.45, 2.75) is 77.2 Å². The SMILES string of the molecule is Cc1cnc(C2CCC2)n1CC1CCN(C(=O)C2CCCC2)CC1. The van der Waals surface area contributed by atoms with Gasteiger partial charge in [-0.05, 0) is 51.4 Å². The number of hydrogen-bond acceptors (Lipinski definition) is 2. The minimum absolute atomic E-state index is 0.336. The van der Waals surface area contributed by atoms with Crippen LogP contribution < -0.4 is 0 Å². The summed E-state index contributed by atoms with van der Waals surface area (Å²) in [5.41, 5.74) is 1.31. The van der Waals surface area contributed by atoms with Crippen molar-refractivity contribution in [2.75, 3.05) is 13.1 Å². The molecule has 0 bridgehead atoms. The van der Waals surface area contributed by atoms with Crippen LogP contribution >= 0.6 is 0 Å². The third kappa shape index (κ3) is 3.12. The van der Waals surface area contributed by atoms with Crippen LogP contribution in [0.4, 0.5) is 0 Å². The maximum Gasteiger partial charge on any atom is 0.225 e. The fourth-order valence-electron chi connectivity index (χ4n) is 4.73. The molecule has 0 N–H and O–H groups in total. The third-order valence-corrected chi connectivity index (χ3v) is 6.63. The quantitative estimate of drug-likeness (QED) is 0.840. The van der Waals surface area contributed by atoms with E-state index < -0.39 is 0 Å². The van der Waals surface area contributed by atoms with Gasteiger partial charge in [0, 0.05) is 43.4 Å². The van der Waals surface area contributed by atoms with E-state index in [-0.39, 0.29) is 0 Å². The van der Waals surface area contributed by atoms with E-state index in [1.165, 1.54) is 43.6 Å². The lowest BCUT2D eigenvalue weighted by molar-refractivity contribution is -0.136. The summed E-state index contributed by atoms with van der Waals surface area (Å²) < 4.78 is 2.48. The van der Waals surface area contributed by atoms with E-state index in [0.717, 1.165) is 45.3 Å². The van der Waals surface area contributed by atoms with Crippen LogP contribution in [0.15, 0.2) is 6.20 Å². The molecule has 1 saturated heterocycles. The number of amides is 1. The average molecular weight is 329 g/mol. The van der Waals surface area contributed by atoms with Gasteiger partial charge in [0.15, 0.2) is 0 Å². The molecule has 132 valence electrons. The minimum atomic E-state index is 0.336. The Labute approximate surface area is 145 Å². The summed E-state index contributed by atoms with van der Waals surface area (Å²) in [6, 6.07) is 0. The van der Waals surface area contributed by atoms with E-state index in [0.29, 0.717) is 23.7 Å². The number of carbonyl (C=O) groups excluding carboxylic acids is 1. The molecule has 0 atom stereocenters. The first-order valence-corrected chi connectivity index (χ1v) is 10.0. The number of imidazole rings is 1. The van der Waals surface area contributed by atoms with Gasteiger partial charge in [0.05, 0.1) is 0 Å². The summed E-state index contributed by atoms with van der Waals surface area (Å²) in [5.74, 6) is 3.50. The summed E-state index contributed by atoms with van der Waals surface area (Å²) in [6.07, 6.45) is 13.1. The van der Waals surface area contributed by atoms with Crippen LogP contribution in [-0.4, -0.2) is 33.4 Å². The summed E-state index contributed by atoms with van der Waals surface area (Å²) >= 11 is 0. The number of rotatable bonds is 4. The van der Waals surface area contributed by atoms with Gasteiger partial charge in [-0.1, -0.05) is 19.3 Å². The first kappa shape index (κ1) is 16.2. The smallest absolute Gasteiger partial charge is 0.225 e. The van der Waals surface area contributed by atoms with Crippen LogP contribution in [-0.2, 0) is 11.3 Å². The highest BCUT2D eigenvalue weighted by Gasteiger charge is 2.31. The predicted molar refractivity (Wildman–Crippen MR) is 94.8 cm³/mol. The van der Waals surface area contributed by atoms with E-state index in [1.807, 2.05) is 6.20 Å². The van der Waals surface area contributed by atoms with Crippen LogP contribution in [0.3, 0.4) is 0 Å². The van der Waals surface area contributed by atoms with Crippen molar-refractivity contribution in [3.8, 4) is 0 Å². The number of aryl methyl sites for hydroxylation is 1. The zero-order chi connectivity index (χ0) is 16.5. The molecule has 1 aromatic heterocycles. The molecule has 0 radical (unpaired) electrons. The molecular weight excluding hydrogens is 298 g/mol. The van der Waals surface area contributed by atoms with Crippen LogP contribution in [0, 0.1) is 18.8 Å². The Morgan fingerprint density at radius 3 is 2.42 bits per heavy atom. The highest BCUT2D eigenvalue weighted by Crippen LogP contribution is 2.36. The maximum atomic E-state index is 12.6. The largest absolute Gasteiger partial charge is 0.342 e. The maximum absolute atomic E-state index is 12.6. The van der Waals surface area contributed by atoms with E-state index >= 15 is 0 Å². The van der Waals surface area contributed by atoms with Crippen molar-refractivity contribution in [1.82, 2.24) is 14.5 Å². The van der Waals surface area contributed by atoms with Crippen molar-refractivity contribution in [1.29, 1.82) is 0 Å². The number of nitrogens with zero attached hydrogens (tertiary/aromatic N) is 3. The topological polar surface area (TPSA) is 38.1 Å². The van der Waals surface area contributed by atoms with Gasteiger partial charge in [0.2, 0.25) is 5.91 Å². The predicted octanol–water partition coefficient (Wildman–Crippen LogP) is 3.89. The molecule has 4 nitrogen and oxygen atoms in total. The minimum Gasteiger partial charge on any atom is -0.342 e. The van der Waals surface area contributed by atoms with Crippen molar-refractivity contribution >= 4 is 5.91 Å². The molecular formula is C20H31N3O. The lowest BCUT2D eigenvalue weighted by atomic mass is 9.84. The van der Waals surface area contributed by atoms with Gasteiger partial charge < -0.3 is 9.47 Å². The van der Waals surface area contributed by atoms with Crippen LogP contribution in [0.5, 0.6) is 0 Å². The second kappa shape index (κ2) is 6.89. The van der Waals surface area contributed by atoms with Crippen molar-refractivity contribution in [3.63, 3.8) is 0 Å². The van der Waals surface area contributed by atoms with E-state index in [9.17, 15) is 4.79 Å². The van der Waals surface area contributed by atoms with Crippen LogP contribution in [0.1, 0.15) is 75.2 Å². The first-order valence-electron chi connectivity index (χ1n) is 10.0. The number of carbonyl (C=O) groups is 1. The Kier molecular flexibility index (Phi) is 4.64. The number of piperidine rings is 1. The van der Waals surface area contributed by atoms with Gasteiger partial charge in [-0.3, -0.25) is 4.79 Å². The van der Waals surface area contributed by atoms with Gasteiger partial charge >= 0.3 is 0 Å². The average Bonchev–Trinajstić information content (AvgIpc) is 3.19. The molecule has 0 unspecified atom stereocenters. The standard InChI is InChI=1S/C20H31N3O/c1-15-13-21-19(17-7-4-8-17)23(15)14-16-9-11-22(12-10-16)20(24)18-5-2-3-6-18/h13,16-18H,2-12,14H2,1H3.